The molecule has 3 N–H and O–H groups in total. The zero-order valence-electron chi connectivity index (χ0n) is 10.5. The average molecular weight is 270 g/mol. The molecule has 0 unspecified atom stereocenters. The van der Waals surface area contributed by atoms with Crippen LogP contribution in [0.15, 0.2) is 17.5 Å². The maximum Gasteiger partial charge on any atom is 0.261 e. The fourth-order valence-electron chi connectivity index (χ4n) is 1.42. The Morgan fingerprint density at radius 3 is 2.72 bits per heavy atom. The average Bonchev–Trinajstić information content (AvgIpc) is 2.78. The molecule has 100 valence electrons. The van der Waals surface area contributed by atoms with Gasteiger partial charge in [-0.05, 0) is 31.7 Å². The van der Waals surface area contributed by atoms with Crippen molar-refractivity contribution in [1.82, 2.24) is 10.6 Å². The minimum Gasteiger partial charge on any atom is -0.396 e. The highest BCUT2D eigenvalue weighted by molar-refractivity contribution is 7.12. The van der Waals surface area contributed by atoms with Crippen molar-refractivity contribution < 1.29 is 14.7 Å². The second-order valence-electron chi connectivity index (χ2n) is 4.57. The summed E-state index contributed by atoms with van der Waals surface area (Å²) in [7, 11) is 0. The van der Waals surface area contributed by atoms with Gasteiger partial charge in [-0.3, -0.25) is 9.59 Å². The molecule has 0 aliphatic carbocycles. The van der Waals surface area contributed by atoms with Crippen LogP contribution in [0, 0.1) is 0 Å². The van der Waals surface area contributed by atoms with E-state index in [1.807, 2.05) is 13.8 Å². The van der Waals surface area contributed by atoms with Gasteiger partial charge >= 0.3 is 0 Å². The molecular formula is C12H18N2O3S. The highest BCUT2D eigenvalue weighted by atomic mass is 32.1. The van der Waals surface area contributed by atoms with Crippen LogP contribution in [0.25, 0.3) is 0 Å². The van der Waals surface area contributed by atoms with Crippen molar-refractivity contribution in [3.8, 4) is 0 Å². The van der Waals surface area contributed by atoms with Gasteiger partial charge in [0.25, 0.3) is 5.91 Å². The Bertz CT molecular complexity index is 401. The van der Waals surface area contributed by atoms with E-state index in [-0.39, 0.29) is 25.0 Å². The molecule has 1 heterocycles. The van der Waals surface area contributed by atoms with Crippen molar-refractivity contribution >= 4 is 23.2 Å². The molecule has 0 bridgehead atoms. The van der Waals surface area contributed by atoms with Gasteiger partial charge in [-0.2, -0.15) is 0 Å². The first-order valence-electron chi connectivity index (χ1n) is 5.68. The van der Waals surface area contributed by atoms with Gasteiger partial charge in [-0.25, -0.2) is 0 Å². The van der Waals surface area contributed by atoms with Crippen LogP contribution >= 0.6 is 11.3 Å². The number of hydrogen-bond donors (Lipinski definition) is 3. The normalized spacial score (nSPS) is 11.1. The van der Waals surface area contributed by atoms with E-state index in [9.17, 15) is 9.59 Å². The van der Waals surface area contributed by atoms with Gasteiger partial charge in [0, 0.05) is 12.1 Å². The molecule has 1 aromatic rings. The lowest BCUT2D eigenvalue weighted by atomic mass is 10.0. The summed E-state index contributed by atoms with van der Waals surface area (Å²) < 4.78 is 0. The van der Waals surface area contributed by atoms with Crippen LogP contribution in [-0.4, -0.2) is 35.6 Å². The Morgan fingerprint density at radius 1 is 1.44 bits per heavy atom. The van der Waals surface area contributed by atoms with Crippen LogP contribution in [0.1, 0.15) is 29.9 Å². The highest BCUT2D eigenvalue weighted by Gasteiger charge is 2.19. The van der Waals surface area contributed by atoms with Crippen molar-refractivity contribution in [3.05, 3.63) is 22.4 Å². The minimum atomic E-state index is -0.473. The second-order valence-corrected chi connectivity index (χ2v) is 5.51. The number of aliphatic hydroxyl groups excluding tert-OH is 1. The number of thiophene rings is 1. The molecule has 6 heteroatoms. The summed E-state index contributed by atoms with van der Waals surface area (Å²) in [5.41, 5.74) is -0.473. The highest BCUT2D eigenvalue weighted by Crippen LogP contribution is 2.08. The molecule has 0 aromatic carbocycles. The van der Waals surface area contributed by atoms with E-state index in [0.717, 1.165) is 0 Å². The van der Waals surface area contributed by atoms with Gasteiger partial charge in [0.2, 0.25) is 5.91 Å². The number of nitrogens with one attached hydrogen (secondary N) is 2. The fourth-order valence-corrected chi connectivity index (χ4v) is 2.06. The van der Waals surface area contributed by atoms with E-state index in [4.69, 9.17) is 5.11 Å². The van der Waals surface area contributed by atoms with E-state index in [2.05, 4.69) is 10.6 Å². The minimum absolute atomic E-state index is 0.00876. The van der Waals surface area contributed by atoms with E-state index in [1.54, 1.807) is 17.5 Å². The van der Waals surface area contributed by atoms with Crippen molar-refractivity contribution in [2.45, 2.75) is 25.8 Å². The first kappa shape index (κ1) is 14.7. The van der Waals surface area contributed by atoms with Crippen LogP contribution in [0.3, 0.4) is 0 Å². The zero-order valence-corrected chi connectivity index (χ0v) is 11.3. The Labute approximate surface area is 110 Å². The van der Waals surface area contributed by atoms with Gasteiger partial charge in [0.05, 0.1) is 11.4 Å². The first-order valence-corrected chi connectivity index (χ1v) is 6.56. The topological polar surface area (TPSA) is 78.4 Å². The molecule has 1 aromatic heterocycles. The number of carbonyl (C=O) groups excluding carboxylic acids is 2. The number of hydrogen-bond acceptors (Lipinski definition) is 4. The first-order chi connectivity index (χ1) is 8.44. The number of rotatable bonds is 6. The summed E-state index contributed by atoms with van der Waals surface area (Å²) >= 11 is 1.33. The standard InChI is InChI=1S/C12H18N2O3S/c1-12(2,5-6-15)14-10(16)8-13-11(17)9-4-3-7-18-9/h3-4,7,15H,5-6,8H2,1-2H3,(H,13,17)(H,14,16). The second kappa shape index (κ2) is 6.51. The SMILES string of the molecule is CC(C)(CCO)NC(=O)CNC(=O)c1cccs1. The monoisotopic (exact) mass is 270 g/mol. The third-order valence-corrected chi connectivity index (χ3v) is 3.24. The molecule has 0 saturated heterocycles. The van der Waals surface area contributed by atoms with Gasteiger partial charge < -0.3 is 15.7 Å². The van der Waals surface area contributed by atoms with Crippen LogP contribution in [-0.2, 0) is 4.79 Å². The van der Waals surface area contributed by atoms with Gasteiger partial charge in [0.1, 0.15) is 0 Å². The third-order valence-electron chi connectivity index (χ3n) is 2.37. The quantitative estimate of drug-likeness (QED) is 0.714. The third kappa shape index (κ3) is 4.85. The van der Waals surface area contributed by atoms with Crippen molar-refractivity contribution in [1.29, 1.82) is 0 Å². The summed E-state index contributed by atoms with van der Waals surface area (Å²) in [5.74, 6) is -0.515. The number of aliphatic hydroxyl groups is 1. The molecule has 1 rings (SSSR count). The smallest absolute Gasteiger partial charge is 0.261 e. The molecule has 0 atom stereocenters. The number of carbonyl (C=O) groups is 2. The van der Waals surface area contributed by atoms with E-state index in [1.165, 1.54) is 11.3 Å². The summed E-state index contributed by atoms with van der Waals surface area (Å²) in [4.78, 5) is 23.8. The fraction of sp³-hybridized carbons (Fsp3) is 0.500. The Hall–Kier alpha value is -1.40. The molecule has 18 heavy (non-hydrogen) atoms. The molecular weight excluding hydrogens is 252 g/mol. The molecule has 2 amide bonds. The van der Waals surface area contributed by atoms with Crippen LogP contribution in [0.5, 0.6) is 0 Å². The van der Waals surface area contributed by atoms with Crippen LogP contribution in [0.2, 0.25) is 0 Å². The van der Waals surface area contributed by atoms with Gasteiger partial charge in [-0.1, -0.05) is 6.07 Å². The summed E-state index contributed by atoms with van der Waals surface area (Å²) in [6.45, 7) is 3.59. The lowest BCUT2D eigenvalue weighted by molar-refractivity contribution is -0.121. The Balaban J connectivity index is 2.35. The van der Waals surface area contributed by atoms with E-state index < -0.39 is 5.54 Å². The predicted molar refractivity (Wildman–Crippen MR) is 70.6 cm³/mol. The van der Waals surface area contributed by atoms with Gasteiger partial charge in [0.15, 0.2) is 0 Å². The lowest BCUT2D eigenvalue weighted by Crippen LogP contribution is -2.48. The molecule has 0 aliphatic heterocycles. The summed E-state index contributed by atoms with van der Waals surface area (Å²) in [6.07, 6.45) is 0.470. The Kier molecular flexibility index (Phi) is 5.30. The van der Waals surface area contributed by atoms with Crippen molar-refractivity contribution in [2.24, 2.45) is 0 Å². The molecule has 0 aliphatic rings. The van der Waals surface area contributed by atoms with E-state index in [0.29, 0.717) is 11.3 Å². The van der Waals surface area contributed by atoms with Crippen LogP contribution < -0.4 is 10.6 Å². The largest absolute Gasteiger partial charge is 0.396 e. The Morgan fingerprint density at radius 2 is 2.17 bits per heavy atom. The molecule has 0 fully saturated rings. The maximum atomic E-state index is 11.6. The summed E-state index contributed by atoms with van der Waals surface area (Å²) in [6, 6.07) is 3.48. The van der Waals surface area contributed by atoms with Crippen LogP contribution in [0.4, 0.5) is 0 Å². The van der Waals surface area contributed by atoms with E-state index >= 15 is 0 Å². The number of amides is 2. The van der Waals surface area contributed by atoms with Gasteiger partial charge in [-0.15, -0.1) is 11.3 Å². The van der Waals surface area contributed by atoms with Crippen molar-refractivity contribution in [2.75, 3.05) is 13.2 Å². The lowest BCUT2D eigenvalue weighted by Gasteiger charge is -2.25. The molecule has 0 radical (unpaired) electrons. The maximum absolute atomic E-state index is 11.6. The molecule has 0 saturated carbocycles. The summed E-state index contributed by atoms with van der Waals surface area (Å²) in [5, 5.41) is 15.9. The van der Waals surface area contributed by atoms with Crippen molar-refractivity contribution in [3.63, 3.8) is 0 Å². The zero-order chi connectivity index (χ0) is 13.6. The molecule has 5 nitrogen and oxygen atoms in total. The molecule has 0 spiro atoms. The predicted octanol–water partition coefficient (Wildman–Crippen LogP) is 0.755.